The van der Waals surface area contributed by atoms with E-state index in [0.717, 1.165) is 19.3 Å². The van der Waals surface area contributed by atoms with E-state index in [2.05, 4.69) is 19.2 Å². The van der Waals surface area contributed by atoms with Gasteiger partial charge in [0, 0.05) is 6.54 Å². The van der Waals surface area contributed by atoms with Crippen LogP contribution in [-0.2, 0) is 14.4 Å². The highest BCUT2D eigenvalue weighted by molar-refractivity contribution is 5.92. The Morgan fingerprint density at radius 1 is 1.23 bits per heavy atom. The van der Waals surface area contributed by atoms with Crippen LogP contribution in [0.15, 0.2) is 0 Å². The third-order valence-electron chi connectivity index (χ3n) is 7.77. The zero-order valence-electron chi connectivity index (χ0n) is 18.9. The van der Waals surface area contributed by atoms with Crippen LogP contribution in [0.5, 0.6) is 0 Å². The smallest absolute Gasteiger partial charge is 0.248 e. The maximum atomic E-state index is 13.4. The van der Waals surface area contributed by atoms with Gasteiger partial charge in [0.25, 0.3) is 0 Å². The molecule has 2 saturated carbocycles. The topological polar surface area (TPSA) is 139 Å². The third kappa shape index (κ3) is 4.08. The Balaban J connectivity index is 1.78. The number of carbonyl (C=O) groups excluding carboxylic acids is 3. The molecule has 0 spiro atoms. The molecule has 8 nitrogen and oxygen atoms in total. The molecule has 8 heteroatoms. The molecule has 1 heterocycles. The van der Waals surface area contributed by atoms with E-state index in [0.29, 0.717) is 18.9 Å². The highest BCUT2D eigenvalue weighted by Crippen LogP contribution is 2.65. The molecule has 6 N–H and O–H groups in total. The monoisotopic (exact) mass is 422 g/mol. The number of amides is 3. The minimum atomic E-state index is -1.44. The van der Waals surface area contributed by atoms with Crippen molar-refractivity contribution in [2.24, 2.45) is 40.1 Å². The number of piperidine rings is 1. The number of nitrogens with zero attached hydrogens (tertiary/aromatic N) is 1. The van der Waals surface area contributed by atoms with Gasteiger partial charge in [-0.2, -0.15) is 0 Å². The van der Waals surface area contributed by atoms with Crippen molar-refractivity contribution in [3.05, 3.63) is 0 Å². The molecule has 3 fully saturated rings. The number of primary amides is 1. The van der Waals surface area contributed by atoms with Crippen LogP contribution in [0.25, 0.3) is 0 Å². The number of nitrogens with two attached hydrogens (primary N) is 2. The van der Waals surface area contributed by atoms with E-state index in [-0.39, 0.29) is 29.1 Å². The first-order valence-corrected chi connectivity index (χ1v) is 11.1. The van der Waals surface area contributed by atoms with Gasteiger partial charge in [0.2, 0.25) is 17.7 Å². The van der Waals surface area contributed by atoms with Gasteiger partial charge in [0.05, 0.1) is 12.1 Å². The molecule has 0 aromatic heterocycles. The molecule has 2 aliphatic carbocycles. The SMILES string of the molecule is CC1(C)C2CN(C(=O)[C@@H](N)C(C)(C)C)[C@H](C(=O)NC(CC3CCC3)C(O)C(N)=O)C21. The molecule has 170 valence electrons. The van der Waals surface area contributed by atoms with E-state index in [1.54, 1.807) is 4.90 Å². The summed E-state index contributed by atoms with van der Waals surface area (Å²) in [7, 11) is 0. The van der Waals surface area contributed by atoms with Gasteiger partial charge in [-0.15, -0.1) is 0 Å². The second-order valence-corrected chi connectivity index (χ2v) is 11.2. The molecule has 6 atom stereocenters. The maximum absolute atomic E-state index is 13.4. The second-order valence-electron chi connectivity index (χ2n) is 11.2. The Morgan fingerprint density at radius 2 is 1.83 bits per heavy atom. The number of hydrogen-bond acceptors (Lipinski definition) is 5. The Hall–Kier alpha value is -1.67. The van der Waals surface area contributed by atoms with Crippen molar-refractivity contribution in [2.75, 3.05) is 6.54 Å². The van der Waals surface area contributed by atoms with Gasteiger partial charge in [-0.05, 0) is 35.0 Å². The van der Waals surface area contributed by atoms with Gasteiger partial charge < -0.3 is 26.8 Å². The lowest BCUT2D eigenvalue weighted by Gasteiger charge is -2.37. The summed E-state index contributed by atoms with van der Waals surface area (Å²) in [6, 6.07) is -2.10. The van der Waals surface area contributed by atoms with Crippen molar-refractivity contribution in [2.45, 2.75) is 84.5 Å². The van der Waals surface area contributed by atoms with Crippen LogP contribution in [0, 0.1) is 28.6 Å². The zero-order valence-corrected chi connectivity index (χ0v) is 18.9. The largest absolute Gasteiger partial charge is 0.381 e. The first-order valence-electron chi connectivity index (χ1n) is 11.1. The van der Waals surface area contributed by atoms with Crippen LogP contribution in [0.1, 0.15) is 60.3 Å². The number of aliphatic hydroxyl groups excluding tert-OH is 1. The van der Waals surface area contributed by atoms with Crippen LogP contribution in [0.3, 0.4) is 0 Å². The molecule has 0 aromatic rings. The molecular weight excluding hydrogens is 384 g/mol. The summed E-state index contributed by atoms with van der Waals surface area (Å²) in [5.41, 5.74) is 11.1. The Labute approximate surface area is 179 Å². The van der Waals surface area contributed by atoms with E-state index in [4.69, 9.17) is 11.5 Å². The summed E-state index contributed by atoms with van der Waals surface area (Å²) in [4.78, 5) is 39.7. The molecule has 1 aliphatic heterocycles. The van der Waals surface area contributed by atoms with Crippen LogP contribution in [-0.4, -0.2) is 58.5 Å². The zero-order chi connectivity index (χ0) is 22.6. The first kappa shape index (κ1) is 23.0. The molecule has 30 heavy (non-hydrogen) atoms. The average molecular weight is 423 g/mol. The third-order valence-corrected chi connectivity index (χ3v) is 7.77. The minimum Gasteiger partial charge on any atom is -0.381 e. The molecular formula is C22H38N4O4. The van der Waals surface area contributed by atoms with Gasteiger partial charge in [-0.25, -0.2) is 0 Å². The van der Waals surface area contributed by atoms with Crippen molar-refractivity contribution >= 4 is 17.7 Å². The molecule has 0 bridgehead atoms. The number of fused-ring (bicyclic) bond motifs is 1. The number of carbonyl (C=O) groups is 3. The van der Waals surface area contributed by atoms with E-state index in [9.17, 15) is 19.5 Å². The second kappa shape index (κ2) is 7.79. The van der Waals surface area contributed by atoms with Crippen LogP contribution < -0.4 is 16.8 Å². The number of aliphatic hydroxyl groups is 1. The van der Waals surface area contributed by atoms with Crippen molar-refractivity contribution in [1.29, 1.82) is 0 Å². The molecule has 3 rings (SSSR count). The normalized spacial score (nSPS) is 30.6. The van der Waals surface area contributed by atoms with Crippen molar-refractivity contribution in [3.8, 4) is 0 Å². The fraction of sp³-hybridized carbons (Fsp3) is 0.864. The van der Waals surface area contributed by atoms with Gasteiger partial charge in [0.15, 0.2) is 6.10 Å². The Morgan fingerprint density at radius 3 is 2.30 bits per heavy atom. The summed E-state index contributed by atoms with van der Waals surface area (Å²) in [6.07, 6.45) is 2.22. The fourth-order valence-electron chi connectivity index (χ4n) is 5.18. The van der Waals surface area contributed by atoms with E-state index >= 15 is 0 Å². The van der Waals surface area contributed by atoms with E-state index < -0.39 is 35.6 Å². The summed E-state index contributed by atoms with van der Waals surface area (Å²) in [6.45, 7) is 10.4. The van der Waals surface area contributed by atoms with Gasteiger partial charge in [0.1, 0.15) is 6.04 Å². The lowest BCUT2D eigenvalue weighted by molar-refractivity contribution is -0.144. The van der Waals surface area contributed by atoms with E-state index in [1.165, 1.54) is 0 Å². The van der Waals surface area contributed by atoms with Crippen LogP contribution in [0.4, 0.5) is 0 Å². The first-order chi connectivity index (χ1) is 13.8. The van der Waals surface area contributed by atoms with Gasteiger partial charge in [-0.3, -0.25) is 14.4 Å². The maximum Gasteiger partial charge on any atom is 0.248 e. The lowest BCUT2D eigenvalue weighted by atomic mass is 9.79. The fourth-order valence-corrected chi connectivity index (χ4v) is 5.18. The molecule has 4 unspecified atom stereocenters. The summed E-state index contributed by atoms with van der Waals surface area (Å²) >= 11 is 0. The van der Waals surface area contributed by atoms with Crippen LogP contribution in [0.2, 0.25) is 0 Å². The summed E-state index contributed by atoms with van der Waals surface area (Å²) in [5.74, 6) is -0.744. The highest BCUT2D eigenvalue weighted by Gasteiger charge is 2.69. The number of rotatable bonds is 7. The molecule has 3 amide bonds. The number of likely N-dealkylation sites (tertiary alicyclic amines) is 1. The predicted molar refractivity (Wildman–Crippen MR) is 113 cm³/mol. The molecule has 1 saturated heterocycles. The Bertz CT molecular complexity index is 712. The lowest BCUT2D eigenvalue weighted by Crippen LogP contribution is -2.59. The van der Waals surface area contributed by atoms with Crippen LogP contribution >= 0.6 is 0 Å². The minimum absolute atomic E-state index is 0.0314. The van der Waals surface area contributed by atoms with E-state index in [1.807, 2.05) is 20.8 Å². The summed E-state index contributed by atoms with van der Waals surface area (Å²) < 4.78 is 0. The van der Waals surface area contributed by atoms with Crippen molar-refractivity contribution in [1.82, 2.24) is 10.2 Å². The quantitative estimate of drug-likeness (QED) is 0.469. The van der Waals surface area contributed by atoms with Crippen molar-refractivity contribution < 1.29 is 19.5 Å². The standard InChI is InChI=1S/C22H38N4O4/c1-21(2,3)17(23)20(30)26-10-12-14(22(12,4)5)15(26)19(29)25-13(16(27)18(24)28)9-11-7-6-8-11/h11-17,27H,6-10,23H2,1-5H3,(H2,24,28)(H,25,29)/t12?,13?,14?,15-,16?,17+/m0/s1. The molecule has 3 aliphatic rings. The Kier molecular flexibility index (Phi) is 5.97. The predicted octanol–water partition coefficient (Wildman–Crippen LogP) is 0.364. The molecule has 0 radical (unpaired) electrons. The van der Waals surface area contributed by atoms with Gasteiger partial charge in [-0.1, -0.05) is 53.9 Å². The highest BCUT2D eigenvalue weighted by atomic mass is 16.3. The summed E-state index contributed by atoms with van der Waals surface area (Å²) in [5, 5.41) is 13.2. The number of nitrogens with one attached hydrogen (secondary N) is 1. The average Bonchev–Trinajstić information content (AvgIpc) is 2.95. The van der Waals surface area contributed by atoms with Gasteiger partial charge >= 0.3 is 0 Å². The van der Waals surface area contributed by atoms with Crippen molar-refractivity contribution in [3.63, 3.8) is 0 Å². The molecule has 0 aromatic carbocycles. The number of hydrogen-bond donors (Lipinski definition) is 4.